The van der Waals surface area contributed by atoms with Crippen molar-refractivity contribution in [2.24, 2.45) is 0 Å². The highest BCUT2D eigenvalue weighted by molar-refractivity contribution is 6.37. The maximum Gasteiger partial charge on any atom is 0.234 e. The van der Waals surface area contributed by atoms with E-state index in [-0.39, 0.29) is 24.7 Å². The Hall–Kier alpha value is -1.06. The predicted octanol–water partition coefficient (Wildman–Crippen LogP) is 2.30. The molecule has 1 aromatic rings. The van der Waals surface area contributed by atoms with Crippen molar-refractivity contribution in [3.8, 4) is 0 Å². The molecule has 2 rings (SSSR count). The van der Waals surface area contributed by atoms with E-state index < -0.39 is 0 Å². The molecule has 3 nitrogen and oxygen atoms in total. The Balaban J connectivity index is 2.38. The second-order valence-electron chi connectivity index (χ2n) is 3.29. The largest absolute Gasteiger partial charge is 0.303 e. The van der Waals surface area contributed by atoms with Gasteiger partial charge < -0.3 is 4.90 Å². The molecule has 0 aromatic heterocycles. The van der Waals surface area contributed by atoms with Gasteiger partial charge in [0, 0.05) is 5.02 Å². The van der Waals surface area contributed by atoms with Crippen molar-refractivity contribution in [3.05, 3.63) is 28.2 Å². The SMILES string of the molecule is O=C1CC(=O)N(c2ccc(Cl)cc2Cl)C1. The number of rotatable bonds is 1. The van der Waals surface area contributed by atoms with E-state index in [1.807, 2.05) is 0 Å². The van der Waals surface area contributed by atoms with Crippen LogP contribution < -0.4 is 4.90 Å². The van der Waals surface area contributed by atoms with Crippen LogP contribution in [-0.4, -0.2) is 18.2 Å². The van der Waals surface area contributed by atoms with E-state index in [1.54, 1.807) is 18.2 Å². The van der Waals surface area contributed by atoms with Crippen LogP contribution in [0, 0.1) is 0 Å². The minimum Gasteiger partial charge on any atom is -0.303 e. The molecule has 5 heteroatoms. The number of carbonyl (C=O) groups is 2. The molecule has 1 aliphatic rings. The third-order valence-corrected chi connectivity index (χ3v) is 2.72. The first-order chi connectivity index (χ1) is 7.08. The molecule has 0 atom stereocenters. The van der Waals surface area contributed by atoms with Crippen molar-refractivity contribution >= 4 is 40.6 Å². The zero-order chi connectivity index (χ0) is 11.0. The summed E-state index contributed by atoms with van der Waals surface area (Å²) in [5, 5.41) is 0.882. The van der Waals surface area contributed by atoms with Gasteiger partial charge in [-0.3, -0.25) is 9.59 Å². The second kappa shape index (κ2) is 3.83. The van der Waals surface area contributed by atoms with Crippen molar-refractivity contribution in [2.45, 2.75) is 6.42 Å². The number of benzene rings is 1. The number of ketones is 1. The predicted molar refractivity (Wildman–Crippen MR) is 58.4 cm³/mol. The Morgan fingerprint density at radius 2 is 1.93 bits per heavy atom. The van der Waals surface area contributed by atoms with Crippen molar-refractivity contribution in [3.63, 3.8) is 0 Å². The Kier molecular flexibility index (Phi) is 2.67. The van der Waals surface area contributed by atoms with Crippen LogP contribution in [-0.2, 0) is 9.59 Å². The van der Waals surface area contributed by atoms with E-state index in [1.165, 1.54) is 4.90 Å². The normalized spacial score (nSPS) is 16.3. The molecule has 1 fully saturated rings. The summed E-state index contributed by atoms with van der Waals surface area (Å²) in [6.45, 7) is 0.0974. The number of hydrogen-bond donors (Lipinski definition) is 0. The molecule has 0 saturated carbocycles. The van der Waals surface area contributed by atoms with Crippen LogP contribution in [0.5, 0.6) is 0 Å². The van der Waals surface area contributed by atoms with Gasteiger partial charge in [0.2, 0.25) is 5.91 Å². The summed E-state index contributed by atoms with van der Waals surface area (Å²) in [6.07, 6.45) is -0.0427. The summed E-state index contributed by atoms with van der Waals surface area (Å²) in [6, 6.07) is 4.83. The van der Waals surface area contributed by atoms with Crippen LogP contribution in [0.3, 0.4) is 0 Å². The van der Waals surface area contributed by atoms with Crippen LogP contribution in [0.4, 0.5) is 5.69 Å². The van der Waals surface area contributed by atoms with Crippen LogP contribution in [0.15, 0.2) is 18.2 Å². The second-order valence-corrected chi connectivity index (χ2v) is 4.13. The number of halogens is 2. The average molecular weight is 244 g/mol. The number of Topliss-reactive ketones (excluding diaryl/α,β-unsaturated/α-hetero) is 1. The lowest BCUT2D eigenvalue weighted by Gasteiger charge is -2.16. The molecule has 1 aliphatic heterocycles. The zero-order valence-electron chi connectivity index (χ0n) is 7.67. The Labute approximate surface area is 96.6 Å². The van der Waals surface area contributed by atoms with Gasteiger partial charge in [-0.1, -0.05) is 23.2 Å². The summed E-state index contributed by atoms with van der Waals surface area (Å²) < 4.78 is 0. The molecular weight excluding hydrogens is 237 g/mol. The first kappa shape index (κ1) is 10.5. The molecule has 0 radical (unpaired) electrons. The summed E-state index contributed by atoms with van der Waals surface area (Å²) >= 11 is 11.7. The fourth-order valence-electron chi connectivity index (χ4n) is 1.50. The smallest absolute Gasteiger partial charge is 0.234 e. The summed E-state index contributed by atoms with van der Waals surface area (Å²) in [4.78, 5) is 23.9. The molecule has 1 aromatic carbocycles. The highest BCUT2D eigenvalue weighted by Crippen LogP contribution is 2.30. The zero-order valence-corrected chi connectivity index (χ0v) is 9.18. The lowest BCUT2D eigenvalue weighted by atomic mass is 10.3. The fourth-order valence-corrected chi connectivity index (χ4v) is 2.01. The molecule has 0 aliphatic carbocycles. The van der Waals surface area contributed by atoms with E-state index in [0.717, 1.165) is 0 Å². The lowest BCUT2D eigenvalue weighted by molar-refractivity contribution is -0.121. The average Bonchev–Trinajstić information content (AvgIpc) is 2.45. The van der Waals surface area contributed by atoms with E-state index in [4.69, 9.17) is 23.2 Å². The lowest BCUT2D eigenvalue weighted by Crippen LogP contribution is -2.24. The number of hydrogen-bond acceptors (Lipinski definition) is 2. The summed E-state index contributed by atoms with van der Waals surface area (Å²) in [5.41, 5.74) is 0.539. The monoisotopic (exact) mass is 243 g/mol. The number of nitrogens with zero attached hydrogens (tertiary/aromatic N) is 1. The molecule has 1 heterocycles. The van der Waals surface area contributed by atoms with Crippen LogP contribution in [0.2, 0.25) is 10.0 Å². The molecule has 0 spiro atoms. The highest BCUT2D eigenvalue weighted by atomic mass is 35.5. The fraction of sp³-hybridized carbons (Fsp3) is 0.200. The molecule has 0 N–H and O–H groups in total. The molecule has 1 amide bonds. The van der Waals surface area contributed by atoms with Gasteiger partial charge in [-0.2, -0.15) is 0 Å². The Bertz CT molecular complexity index is 445. The van der Waals surface area contributed by atoms with E-state index >= 15 is 0 Å². The summed E-state index contributed by atoms with van der Waals surface area (Å²) in [5.74, 6) is -0.310. The van der Waals surface area contributed by atoms with Gasteiger partial charge in [0.05, 0.1) is 23.7 Å². The van der Waals surface area contributed by atoms with Gasteiger partial charge in [-0.25, -0.2) is 0 Å². The van der Waals surface area contributed by atoms with Crippen molar-refractivity contribution in [1.29, 1.82) is 0 Å². The van der Waals surface area contributed by atoms with Crippen LogP contribution in [0.25, 0.3) is 0 Å². The Morgan fingerprint density at radius 3 is 2.47 bits per heavy atom. The third-order valence-electron chi connectivity index (χ3n) is 2.18. The van der Waals surface area contributed by atoms with Gasteiger partial charge in [-0.05, 0) is 18.2 Å². The van der Waals surface area contributed by atoms with Gasteiger partial charge >= 0.3 is 0 Å². The van der Waals surface area contributed by atoms with E-state index in [0.29, 0.717) is 15.7 Å². The van der Waals surface area contributed by atoms with E-state index in [9.17, 15) is 9.59 Å². The van der Waals surface area contributed by atoms with E-state index in [2.05, 4.69) is 0 Å². The minimum absolute atomic E-state index is 0.0427. The van der Waals surface area contributed by atoms with Crippen LogP contribution in [0.1, 0.15) is 6.42 Å². The topological polar surface area (TPSA) is 37.4 Å². The van der Waals surface area contributed by atoms with Gasteiger partial charge in [-0.15, -0.1) is 0 Å². The van der Waals surface area contributed by atoms with Gasteiger partial charge in [0.1, 0.15) is 0 Å². The summed E-state index contributed by atoms with van der Waals surface area (Å²) in [7, 11) is 0. The van der Waals surface area contributed by atoms with Crippen molar-refractivity contribution < 1.29 is 9.59 Å². The van der Waals surface area contributed by atoms with Crippen LogP contribution >= 0.6 is 23.2 Å². The maximum absolute atomic E-state index is 11.4. The first-order valence-electron chi connectivity index (χ1n) is 4.35. The van der Waals surface area contributed by atoms with Crippen molar-refractivity contribution in [2.75, 3.05) is 11.4 Å². The third kappa shape index (κ3) is 1.98. The standard InChI is InChI=1S/C10H7Cl2NO2/c11-6-1-2-9(8(12)3-6)13-5-7(14)4-10(13)15/h1-3H,4-5H2. The Morgan fingerprint density at radius 1 is 1.20 bits per heavy atom. The van der Waals surface area contributed by atoms with Crippen molar-refractivity contribution in [1.82, 2.24) is 0 Å². The molecular formula is C10H7Cl2NO2. The number of anilines is 1. The molecule has 1 saturated heterocycles. The number of carbonyl (C=O) groups excluding carboxylic acids is 2. The molecule has 78 valence electrons. The highest BCUT2D eigenvalue weighted by Gasteiger charge is 2.29. The quantitative estimate of drug-likeness (QED) is 0.711. The van der Waals surface area contributed by atoms with Gasteiger partial charge in [0.15, 0.2) is 5.78 Å². The minimum atomic E-state index is -0.218. The maximum atomic E-state index is 11.4. The molecule has 15 heavy (non-hydrogen) atoms. The number of amides is 1. The van der Waals surface area contributed by atoms with Gasteiger partial charge in [0.25, 0.3) is 0 Å². The molecule has 0 bridgehead atoms. The first-order valence-corrected chi connectivity index (χ1v) is 5.10. The molecule has 0 unspecified atom stereocenters.